The van der Waals surface area contributed by atoms with Crippen molar-refractivity contribution < 1.29 is 13.5 Å². The zero-order valence-corrected chi connectivity index (χ0v) is 13.4. The molecule has 0 amide bonds. The van der Waals surface area contributed by atoms with Crippen LogP contribution < -0.4 is 10.5 Å². The molecule has 1 heterocycles. The first kappa shape index (κ1) is 14.9. The molecule has 1 unspecified atom stereocenters. The van der Waals surface area contributed by atoms with Gasteiger partial charge in [0.25, 0.3) is 0 Å². The first-order chi connectivity index (χ1) is 8.99. The summed E-state index contributed by atoms with van der Waals surface area (Å²) in [5.74, 6) is 0.102. The molecule has 2 nitrogen and oxygen atoms in total. The number of halogens is 4. The number of alkyl halides is 2. The minimum Gasteiger partial charge on any atom is -0.434 e. The Morgan fingerprint density at radius 1 is 1.21 bits per heavy atom. The highest BCUT2D eigenvalue weighted by atomic mass is 79.9. The SMILES string of the molecule is NC(c1cc(Br)c(Br)s1)c1ccccc1OC(F)F. The Morgan fingerprint density at radius 2 is 1.89 bits per heavy atom. The van der Waals surface area contributed by atoms with Crippen molar-refractivity contribution in [2.24, 2.45) is 5.73 Å². The summed E-state index contributed by atoms with van der Waals surface area (Å²) in [5, 5.41) is 0. The summed E-state index contributed by atoms with van der Waals surface area (Å²) in [6.07, 6.45) is 0. The predicted octanol–water partition coefficient (Wildman–Crippen LogP) is 4.92. The van der Waals surface area contributed by atoms with Crippen molar-refractivity contribution in [3.8, 4) is 5.75 Å². The van der Waals surface area contributed by atoms with E-state index in [0.29, 0.717) is 5.56 Å². The van der Waals surface area contributed by atoms with Gasteiger partial charge in [0.05, 0.1) is 9.83 Å². The minimum absolute atomic E-state index is 0.102. The van der Waals surface area contributed by atoms with Gasteiger partial charge in [-0.15, -0.1) is 11.3 Å². The monoisotopic (exact) mass is 411 g/mol. The second kappa shape index (κ2) is 6.30. The molecule has 0 saturated heterocycles. The van der Waals surface area contributed by atoms with Crippen molar-refractivity contribution in [1.82, 2.24) is 0 Å². The first-order valence-electron chi connectivity index (χ1n) is 5.23. The van der Waals surface area contributed by atoms with E-state index in [1.807, 2.05) is 6.07 Å². The molecule has 1 aromatic carbocycles. The highest BCUT2D eigenvalue weighted by molar-refractivity contribution is 9.13. The number of rotatable bonds is 4. The van der Waals surface area contributed by atoms with E-state index in [9.17, 15) is 8.78 Å². The average Bonchev–Trinajstić information content (AvgIpc) is 2.69. The molecule has 0 aliphatic heterocycles. The number of ether oxygens (including phenoxy) is 1. The molecule has 0 spiro atoms. The summed E-state index contributed by atoms with van der Waals surface area (Å²) in [4.78, 5) is 0.851. The van der Waals surface area contributed by atoms with Crippen LogP contribution in [-0.4, -0.2) is 6.61 Å². The van der Waals surface area contributed by atoms with E-state index in [-0.39, 0.29) is 5.75 Å². The molecule has 2 aromatic rings. The molecule has 2 N–H and O–H groups in total. The van der Waals surface area contributed by atoms with Crippen LogP contribution in [0, 0.1) is 0 Å². The molecule has 0 fully saturated rings. The van der Waals surface area contributed by atoms with E-state index in [4.69, 9.17) is 5.73 Å². The van der Waals surface area contributed by atoms with E-state index in [2.05, 4.69) is 36.6 Å². The molecule has 1 aromatic heterocycles. The van der Waals surface area contributed by atoms with Gasteiger partial charge in [-0.1, -0.05) is 18.2 Å². The van der Waals surface area contributed by atoms with Crippen LogP contribution in [0.25, 0.3) is 0 Å². The van der Waals surface area contributed by atoms with E-state index >= 15 is 0 Å². The lowest BCUT2D eigenvalue weighted by Crippen LogP contribution is -2.13. The zero-order chi connectivity index (χ0) is 14.0. The fourth-order valence-electron chi connectivity index (χ4n) is 1.61. The molecule has 0 aliphatic rings. The summed E-state index contributed by atoms with van der Waals surface area (Å²) in [6, 6.07) is 7.89. The van der Waals surface area contributed by atoms with Gasteiger partial charge in [-0.3, -0.25) is 0 Å². The van der Waals surface area contributed by atoms with E-state index in [1.54, 1.807) is 18.2 Å². The van der Waals surface area contributed by atoms with Crippen molar-refractivity contribution in [3.05, 3.63) is 49.0 Å². The molecule has 1 atom stereocenters. The van der Waals surface area contributed by atoms with Gasteiger partial charge in [-0.05, 0) is 44.0 Å². The maximum absolute atomic E-state index is 12.4. The van der Waals surface area contributed by atoms with Gasteiger partial charge in [0.1, 0.15) is 5.75 Å². The summed E-state index contributed by atoms with van der Waals surface area (Å²) in [6.45, 7) is -2.87. The van der Waals surface area contributed by atoms with Gasteiger partial charge < -0.3 is 10.5 Å². The summed E-state index contributed by atoms with van der Waals surface area (Å²) in [5.41, 5.74) is 6.65. The fourth-order valence-corrected chi connectivity index (χ4v) is 3.72. The van der Waals surface area contributed by atoms with Crippen LogP contribution in [0.4, 0.5) is 8.78 Å². The molecule has 0 bridgehead atoms. The predicted molar refractivity (Wildman–Crippen MR) is 78.8 cm³/mol. The third-order valence-electron chi connectivity index (χ3n) is 2.44. The van der Waals surface area contributed by atoms with E-state index in [1.165, 1.54) is 17.4 Å². The summed E-state index contributed by atoms with van der Waals surface area (Å²) < 4.78 is 31.0. The van der Waals surface area contributed by atoms with Gasteiger partial charge in [0, 0.05) is 14.9 Å². The number of para-hydroxylation sites is 1. The number of hydrogen-bond donors (Lipinski definition) is 1. The lowest BCUT2D eigenvalue weighted by molar-refractivity contribution is -0.0505. The molecule has 7 heteroatoms. The number of nitrogens with two attached hydrogens (primary N) is 1. The van der Waals surface area contributed by atoms with Gasteiger partial charge in [-0.25, -0.2) is 0 Å². The smallest absolute Gasteiger partial charge is 0.387 e. The van der Waals surface area contributed by atoms with Crippen molar-refractivity contribution in [1.29, 1.82) is 0 Å². The minimum atomic E-state index is -2.87. The molecule has 19 heavy (non-hydrogen) atoms. The first-order valence-corrected chi connectivity index (χ1v) is 7.63. The topological polar surface area (TPSA) is 35.2 Å². The van der Waals surface area contributed by atoms with E-state index < -0.39 is 12.7 Å². The second-order valence-corrected chi connectivity index (χ2v) is 6.92. The van der Waals surface area contributed by atoms with Gasteiger partial charge in [-0.2, -0.15) is 8.78 Å². The molecular weight excluding hydrogens is 404 g/mol. The van der Waals surface area contributed by atoms with Crippen molar-refractivity contribution in [2.45, 2.75) is 12.7 Å². The lowest BCUT2D eigenvalue weighted by atomic mass is 10.1. The summed E-state index contributed by atoms with van der Waals surface area (Å²) >= 11 is 8.20. The average molecular weight is 413 g/mol. The molecule has 102 valence electrons. The Hall–Kier alpha value is -0.500. The highest BCUT2D eigenvalue weighted by Crippen LogP contribution is 2.38. The van der Waals surface area contributed by atoms with Crippen LogP contribution in [0.3, 0.4) is 0 Å². The van der Waals surface area contributed by atoms with Gasteiger partial charge in [0.2, 0.25) is 0 Å². The Balaban J connectivity index is 2.35. The third-order valence-corrected chi connectivity index (χ3v) is 5.78. The van der Waals surface area contributed by atoms with E-state index in [0.717, 1.165) is 13.1 Å². The van der Waals surface area contributed by atoms with Crippen molar-refractivity contribution in [3.63, 3.8) is 0 Å². The van der Waals surface area contributed by atoms with Crippen LogP contribution in [0.2, 0.25) is 0 Å². The maximum atomic E-state index is 12.4. The van der Waals surface area contributed by atoms with Crippen LogP contribution in [0.5, 0.6) is 5.75 Å². The van der Waals surface area contributed by atoms with Gasteiger partial charge >= 0.3 is 6.61 Å². The second-order valence-electron chi connectivity index (χ2n) is 3.66. The Labute approximate surface area is 129 Å². The Kier molecular flexibility index (Phi) is 4.94. The molecule has 0 radical (unpaired) electrons. The normalized spacial score (nSPS) is 12.7. The fraction of sp³-hybridized carbons (Fsp3) is 0.167. The molecule has 2 rings (SSSR count). The number of thiophene rings is 1. The largest absolute Gasteiger partial charge is 0.434 e. The maximum Gasteiger partial charge on any atom is 0.387 e. The Morgan fingerprint density at radius 3 is 2.47 bits per heavy atom. The summed E-state index contributed by atoms with van der Waals surface area (Å²) in [7, 11) is 0. The molecular formula is C12H9Br2F2NOS. The number of benzene rings is 1. The van der Waals surface area contributed by atoms with Crippen molar-refractivity contribution >= 4 is 43.2 Å². The Bertz CT molecular complexity index is 557. The third kappa shape index (κ3) is 3.53. The van der Waals surface area contributed by atoms with Crippen molar-refractivity contribution in [2.75, 3.05) is 0 Å². The lowest BCUT2D eigenvalue weighted by Gasteiger charge is -2.15. The molecule has 0 saturated carbocycles. The van der Waals surface area contributed by atoms with Crippen LogP contribution in [0.15, 0.2) is 38.6 Å². The molecule has 0 aliphatic carbocycles. The van der Waals surface area contributed by atoms with Gasteiger partial charge in [0.15, 0.2) is 0 Å². The number of hydrogen-bond acceptors (Lipinski definition) is 3. The standard InChI is InChI=1S/C12H9Br2F2NOS/c13-7-5-9(19-11(7)14)10(17)6-3-1-2-4-8(6)18-12(15)16/h1-5,10,12H,17H2. The van der Waals surface area contributed by atoms with Crippen LogP contribution in [-0.2, 0) is 0 Å². The van der Waals surface area contributed by atoms with Crippen LogP contribution in [0.1, 0.15) is 16.5 Å². The van der Waals surface area contributed by atoms with Crippen LogP contribution >= 0.6 is 43.2 Å². The highest BCUT2D eigenvalue weighted by Gasteiger charge is 2.19. The zero-order valence-electron chi connectivity index (χ0n) is 9.45. The quantitative estimate of drug-likeness (QED) is 0.773.